The van der Waals surface area contributed by atoms with Gasteiger partial charge in [0.05, 0.1) is 5.03 Å². The Balaban J connectivity index is 0.00000320. The van der Waals surface area contributed by atoms with Gasteiger partial charge in [0.25, 0.3) is 0 Å². The third-order valence-electron chi connectivity index (χ3n) is 5.02. The molecule has 2 nitrogen and oxygen atoms in total. The maximum atomic E-state index is 6.87. The van der Waals surface area contributed by atoms with Crippen LogP contribution in [0.3, 0.4) is 0 Å². The molecule has 3 aromatic carbocycles. The molecule has 0 heterocycles. The number of halogens is 2. The minimum Gasteiger partial charge on any atom is -0.492 e. The van der Waals surface area contributed by atoms with E-state index in [1.54, 1.807) is 0 Å². The van der Waals surface area contributed by atoms with Crippen LogP contribution >= 0.6 is 28.6 Å². The van der Waals surface area contributed by atoms with Crippen LogP contribution in [-0.4, -0.2) is 31.1 Å². The van der Waals surface area contributed by atoms with E-state index in [-0.39, 0.29) is 17.0 Å². The molecule has 30 heavy (non-hydrogen) atoms. The van der Waals surface area contributed by atoms with E-state index in [0.29, 0.717) is 6.61 Å². The molecule has 0 N–H and O–H groups in total. The molecule has 0 unspecified atom stereocenters. The first-order valence-electron chi connectivity index (χ1n) is 10.2. The second-order valence-electron chi connectivity index (χ2n) is 6.82. The van der Waals surface area contributed by atoms with Crippen LogP contribution in [-0.2, 0) is 0 Å². The zero-order chi connectivity index (χ0) is 20.5. The Bertz CT molecular complexity index is 907. The summed E-state index contributed by atoms with van der Waals surface area (Å²) in [6.45, 7) is 8.05. The topological polar surface area (TPSA) is 12.5 Å². The van der Waals surface area contributed by atoms with E-state index in [4.69, 9.17) is 16.3 Å². The van der Waals surface area contributed by atoms with Crippen LogP contribution in [0.2, 0.25) is 0 Å². The second-order valence-corrected chi connectivity index (χ2v) is 7.20. The first-order valence-corrected chi connectivity index (χ1v) is 10.6. The standard InChI is InChI=1S/C26H28ClNO.BrH/c1-3-28(4-2)19-20-29-24-17-15-22(16-18-24)25(21-11-7-5-8-12-21)26(27)23-13-9-6-10-14-23;/h5-18H,3-4,19-20H2,1-2H3;1H/b26-25-;. The Morgan fingerprint density at radius 3 is 1.77 bits per heavy atom. The van der Waals surface area contributed by atoms with Gasteiger partial charge in [-0.2, -0.15) is 0 Å². The van der Waals surface area contributed by atoms with Crippen molar-refractivity contribution in [3.05, 3.63) is 102 Å². The second kappa shape index (κ2) is 12.6. The van der Waals surface area contributed by atoms with Gasteiger partial charge in [-0.1, -0.05) is 98.2 Å². The fourth-order valence-electron chi connectivity index (χ4n) is 3.30. The van der Waals surface area contributed by atoms with Gasteiger partial charge >= 0.3 is 0 Å². The molecule has 0 radical (unpaired) electrons. The summed E-state index contributed by atoms with van der Waals surface area (Å²) in [5, 5.41) is 0.743. The van der Waals surface area contributed by atoms with Crippen molar-refractivity contribution in [1.29, 1.82) is 0 Å². The highest BCUT2D eigenvalue weighted by molar-refractivity contribution is 8.93. The predicted octanol–water partition coefficient (Wildman–Crippen LogP) is 7.14. The van der Waals surface area contributed by atoms with E-state index < -0.39 is 0 Å². The Labute approximate surface area is 195 Å². The summed E-state index contributed by atoms with van der Waals surface area (Å²) < 4.78 is 5.94. The minimum absolute atomic E-state index is 0. The summed E-state index contributed by atoms with van der Waals surface area (Å²) in [5.74, 6) is 0.879. The smallest absolute Gasteiger partial charge is 0.119 e. The summed E-state index contributed by atoms with van der Waals surface area (Å²) in [6, 6.07) is 28.6. The van der Waals surface area contributed by atoms with Crippen LogP contribution in [0.1, 0.15) is 30.5 Å². The van der Waals surface area contributed by atoms with Gasteiger partial charge in [0, 0.05) is 12.1 Å². The van der Waals surface area contributed by atoms with Crippen molar-refractivity contribution in [2.75, 3.05) is 26.2 Å². The zero-order valence-corrected chi connectivity index (χ0v) is 20.0. The molecule has 0 aliphatic carbocycles. The van der Waals surface area contributed by atoms with E-state index in [1.807, 2.05) is 60.7 Å². The Morgan fingerprint density at radius 1 is 0.733 bits per heavy atom. The normalized spacial score (nSPS) is 11.6. The minimum atomic E-state index is 0. The highest BCUT2D eigenvalue weighted by atomic mass is 79.9. The van der Waals surface area contributed by atoms with Crippen molar-refractivity contribution in [2.45, 2.75) is 13.8 Å². The largest absolute Gasteiger partial charge is 0.492 e. The van der Waals surface area contributed by atoms with Gasteiger partial charge in [0.1, 0.15) is 12.4 Å². The van der Waals surface area contributed by atoms with Crippen molar-refractivity contribution in [2.24, 2.45) is 0 Å². The van der Waals surface area contributed by atoms with Crippen molar-refractivity contribution in [3.63, 3.8) is 0 Å². The number of hydrogen-bond acceptors (Lipinski definition) is 2. The average Bonchev–Trinajstić information content (AvgIpc) is 2.79. The Hall–Kier alpha value is -2.07. The zero-order valence-electron chi connectivity index (χ0n) is 17.6. The number of benzene rings is 3. The van der Waals surface area contributed by atoms with Gasteiger partial charge in [0.15, 0.2) is 0 Å². The highest BCUT2D eigenvalue weighted by Crippen LogP contribution is 2.35. The maximum absolute atomic E-state index is 6.87. The monoisotopic (exact) mass is 485 g/mol. The molecule has 0 amide bonds. The molecule has 0 spiro atoms. The number of ether oxygens (including phenoxy) is 1. The average molecular weight is 487 g/mol. The number of rotatable bonds is 9. The molecule has 0 atom stereocenters. The predicted molar refractivity (Wildman–Crippen MR) is 135 cm³/mol. The summed E-state index contributed by atoms with van der Waals surface area (Å²) >= 11 is 6.87. The molecule has 3 rings (SSSR count). The van der Waals surface area contributed by atoms with Crippen LogP contribution in [0.5, 0.6) is 5.75 Å². The van der Waals surface area contributed by atoms with E-state index in [1.165, 1.54) is 0 Å². The maximum Gasteiger partial charge on any atom is 0.119 e. The van der Waals surface area contributed by atoms with Gasteiger partial charge in [0.2, 0.25) is 0 Å². The van der Waals surface area contributed by atoms with Gasteiger partial charge in [-0.3, -0.25) is 0 Å². The number of hydrogen-bond donors (Lipinski definition) is 0. The van der Waals surface area contributed by atoms with Crippen molar-refractivity contribution >= 4 is 39.2 Å². The molecule has 0 fully saturated rings. The molecule has 0 saturated carbocycles. The lowest BCUT2D eigenvalue weighted by Crippen LogP contribution is -2.27. The fraction of sp³-hybridized carbons (Fsp3) is 0.231. The van der Waals surface area contributed by atoms with E-state index in [9.17, 15) is 0 Å². The first-order chi connectivity index (χ1) is 14.2. The SMILES string of the molecule is Br.CCN(CC)CCOc1ccc(/C(=C(\Cl)c2ccccc2)c2ccccc2)cc1. The van der Waals surface area contributed by atoms with Crippen LogP contribution < -0.4 is 4.74 Å². The molecule has 0 bridgehead atoms. The van der Waals surface area contributed by atoms with Crippen molar-refractivity contribution in [3.8, 4) is 5.75 Å². The van der Waals surface area contributed by atoms with Crippen LogP contribution in [0.15, 0.2) is 84.9 Å². The fourth-order valence-corrected chi connectivity index (χ4v) is 3.65. The van der Waals surface area contributed by atoms with Gasteiger partial charge < -0.3 is 9.64 Å². The molecule has 158 valence electrons. The third-order valence-corrected chi connectivity index (χ3v) is 5.43. The molecule has 4 heteroatoms. The highest BCUT2D eigenvalue weighted by Gasteiger charge is 2.12. The van der Waals surface area contributed by atoms with Crippen LogP contribution in [0.4, 0.5) is 0 Å². The Morgan fingerprint density at radius 2 is 1.23 bits per heavy atom. The Kier molecular flexibility index (Phi) is 10.2. The van der Waals surface area contributed by atoms with Crippen LogP contribution in [0, 0.1) is 0 Å². The molecule has 3 aromatic rings. The lowest BCUT2D eigenvalue weighted by molar-refractivity contribution is 0.223. The van der Waals surface area contributed by atoms with E-state index in [0.717, 1.165) is 52.7 Å². The van der Waals surface area contributed by atoms with Gasteiger partial charge in [-0.25, -0.2) is 0 Å². The molecular weight excluding hydrogens is 458 g/mol. The number of likely N-dealkylation sites (N-methyl/N-ethyl adjacent to an activating group) is 1. The molecule has 0 aliphatic rings. The van der Waals surface area contributed by atoms with E-state index >= 15 is 0 Å². The summed E-state index contributed by atoms with van der Waals surface area (Å²) in [7, 11) is 0. The quantitative estimate of drug-likeness (QED) is 0.298. The van der Waals surface area contributed by atoms with Crippen LogP contribution in [0.25, 0.3) is 10.6 Å². The molecule has 0 aromatic heterocycles. The molecule has 0 aliphatic heterocycles. The van der Waals surface area contributed by atoms with Crippen molar-refractivity contribution < 1.29 is 4.74 Å². The van der Waals surface area contributed by atoms with Gasteiger partial charge in [-0.05, 0) is 41.9 Å². The summed E-state index contributed by atoms with van der Waals surface area (Å²) in [5.41, 5.74) is 4.19. The van der Waals surface area contributed by atoms with Gasteiger partial charge in [-0.15, -0.1) is 17.0 Å². The lowest BCUT2D eigenvalue weighted by atomic mass is 9.95. The first kappa shape index (κ1) is 24.2. The number of nitrogens with zero attached hydrogens (tertiary/aromatic N) is 1. The molecule has 0 saturated heterocycles. The van der Waals surface area contributed by atoms with E-state index in [2.05, 4.69) is 43.0 Å². The summed E-state index contributed by atoms with van der Waals surface area (Å²) in [4.78, 5) is 2.35. The molecular formula is C26H29BrClNO. The van der Waals surface area contributed by atoms with Crippen molar-refractivity contribution in [1.82, 2.24) is 4.90 Å². The lowest BCUT2D eigenvalue weighted by Gasteiger charge is -2.18. The summed E-state index contributed by atoms with van der Waals surface area (Å²) in [6.07, 6.45) is 0. The third kappa shape index (κ3) is 6.46.